The van der Waals surface area contributed by atoms with Crippen molar-refractivity contribution in [2.24, 2.45) is 0 Å². The molecule has 3 aromatic carbocycles. The molecule has 4 rings (SSSR count). The molecule has 1 heterocycles. The summed E-state index contributed by atoms with van der Waals surface area (Å²) in [6.07, 6.45) is 0. The minimum atomic E-state index is -0.318. The highest BCUT2D eigenvalue weighted by Crippen LogP contribution is 2.23. The molecule has 0 aliphatic rings. The normalized spacial score (nSPS) is 10.4. The first kappa shape index (κ1) is 19.9. The van der Waals surface area contributed by atoms with Gasteiger partial charge in [-0.25, -0.2) is 0 Å². The minimum absolute atomic E-state index is 0.302. The third kappa shape index (κ3) is 4.45. The molecule has 1 aromatic heterocycles. The number of nitrogens with one attached hydrogen (secondary N) is 2. The Bertz CT molecular complexity index is 1190. The van der Waals surface area contributed by atoms with Crippen LogP contribution in [0.25, 0.3) is 11.3 Å². The number of amides is 2. The molecule has 30 heavy (non-hydrogen) atoms. The number of hydrogen-bond acceptors (Lipinski definition) is 5. The van der Waals surface area contributed by atoms with Gasteiger partial charge in [0.05, 0.1) is 16.8 Å². The van der Waals surface area contributed by atoms with E-state index in [4.69, 9.17) is 0 Å². The smallest absolute Gasteiger partial charge is 0.257 e. The molecule has 0 aliphatic heterocycles. The number of anilines is 2. The van der Waals surface area contributed by atoms with Gasteiger partial charge in [0.25, 0.3) is 11.8 Å². The molecule has 0 radical (unpaired) electrons. The Morgan fingerprint density at radius 1 is 0.800 bits per heavy atom. The summed E-state index contributed by atoms with van der Waals surface area (Å²) in [5.41, 5.74) is 3.63. The van der Waals surface area contributed by atoms with Crippen molar-refractivity contribution in [2.45, 2.75) is 0 Å². The summed E-state index contributed by atoms with van der Waals surface area (Å²) in [6, 6.07) is 21.3. The number of carbonyl (C=O) groups excluding carboxylic acids is 2. The van der Waals surface area contributed by atoms with E-state index in [1.54, 1.807) is 54.6 Å². The number of para-hydroxylation sites is 1. The number of rotatable bonds is 5. The highest BCUT2D eigenvalue weighted by molar-refractivity contribution is 9.10. The Morgan fingerprint density at radius 2 is 1.47 bits per heavy atom. The van der Waals surface area contributed by atoms with Crippen LogP contribution in [0.2, 0.25) is 0 Å². The van der Waals surface area contributed by atoms with Crippen molar-refractivity contribution < 1.29 is 9.59 Å². The van der Waals surface area contributed by atoms with Crippen molar-refractivity contribution in [2.75, 3.05) is 10.6 Å². The minimum Gasteiger partial charge on any atom is -0.322 e. The molecular formula is C22H15BrN4O2S. The number of hydrogen-bond donors (Lipinski definition) is 2. The van der Waals surface area contributed by atoms with Gasteiger partial charge in [-0.05, 0) is 63.9 Å². The molecule has 0 atom stereocenters. The van der Waals surface area contributed by atoms with Gasteiger partial charge in [0.1, 0.15) is 5.69 Å². The molecule has 2 N–H and O–H groups in total. The molecule has 148 valence electrons. The predicted molar refractivity (Wildman–Crippen MR) is 122 cm³/mol. The SMILES string of the molecule is O=C(Nc1ccccc1C(=O)Nc1ccc(-c2csnn2)cc1)c1ccccc1Br. The lowest BCUT2D eigenvalue weighted by Crippen LogP contribution is -2.18. The Kier molecular flexibility index (Phi) is 5.97. The van der Waals surface area contributed by atoms with Gasteiger partial charge < -0.3 is 10.6 Å². The zero-order chi connectivity index (χ0) is 20.9. The van der Waals surface area contributed by atoms with Gasteiger partial charge in [-0.2, -0.15) is 0 Å². The summed E-state index contributed by atoms with van der Waals surface area (Å²) in [7, 11) is 0. The van der Waals surface area contributed by atoms with Crippen molar-refractivity contribution >= 4 is 50.7 Å². The number of aromatic nitrogens is 2. The lowest BCUT2D eigenvalue weighted by Gasteiger charge is -2.12. The van der Waals surface area contributed by atoms with Gasteiger partial charge in [0.15, 0.2) is 0 Å². The predicted octanol–water partition coefficient (Wildman–Crippen LogP) is 5.47. The summed E-state index contributed by atoms with van der Waals surface area (Å²) in [6.45, 7) is 0. The molecule has 0 spiro atoms. The van der Waals surface area contributed by atoms with E-state index in [1.807, 2.05) is 23.6 Å². The van der Waals surface area contributed by atoms with Crippen LogP contribution in [0, 0.1) is 0 Å². The van der Waals surface area contributed by atoms with Crippen LogP contribution >= 0.6 is 27.5 Å². The molecule has 2 amide bonds. The number of carbonyl (C=O) groups is 2. The molecule has 0 aliphatic carbocycles. The monoisotopic (exact) mass is 478 g/mol. The van der Waals surface area contributed by atoms with E-state index in [9.17, 15) is 9.59 Å². The summed E-state index contributed by atoms with van der Waals surface area (Å²) in [5, 5.41) is 11.6. The first-order valence-corrected chi connectivity index (χ1v) is 10.6. The largest absolute Gasteiger partial charge is 0.322 e. The molecular weight excluding hydrogens is 464 g/mol. The Hall–Kier alpha value is -3.36. The van der Waals surface area contributed by atoms with Crippen LogP contribution in [0.5, 0.6) is 0 Å². The van der Waals surface area contributed by atoms with Crippen molar-refractivity contribution in [3.8, 4) is 11.3 Å². The number of halogens is 1. The fourth-order valence-corrected chi connectivity index (χ4v) is 3.77. The van der Waals surface area contributed by atoms with Crippen molar-refractivity contribution in [1.29, 1.82) is 0 Å². The van der Waals surface area contributed by atoms with Crippen LogP contribution in [-0.4, -0.2) is 21.4 Å². The van der Waals surface area contributed by atoms with Gasteiger partial charge >= 0.3 is 0 Å². The van der Waals surface area contributed by atoms with E-state index in [0.717, 1.165) is 11.3 Å². The maximum atomic E-state index is 12.8. The van der Waals surface area contributed by atoms with Crippen LogP contribution in [0.1, 0.15) is 20.7 Å². The summed E-state index contributed by atoms with van der Waals surface area (Å²) >= 11 is 4.66. The summed E-state index contributed by atoms with van der Waals surface area (Å²) < 4.78 is 4.53. The van der Waals surface area contributed by atoms with Gasteiger partial charge in [-0.1, -0.05) is 40.9 Å². The summed E-state index contributed by atoms with van der Waals surface area (Å²) in [5.74, 6) is -0.620. The third-order valence-electron chi connectivity index (χ3n) is 4.34. The molecule has 0 unspecified atom stereocenters. The van der Waals surface area contributed by atoms with E-state index in [0.29, 0.717) is 27.0 Å². The molecule has 0 fully saturated rings. The van der Waals surface area contributed by atoms with E-state index >= 15 is 0 Å². The van der Waals surface area contributed by atoms with Gasteiger partial charge in [-0.15, -0.1) is 5.10 Å². The Balaban J connectivity index is 1.51. The molecule has 0 saturated heterocycles. The fraction of sp³-hybridized carbons (Fsp3) is 0. The van der Waals surface area contributed by atoms with Gasteiger partial charge in [-0.3, -0.25) is 9.59 Å². The Morgan fingerprint density at radius 3 is 2.17 bits per heavy atom. The topological polar surface area (TPSA) is 84.0 Å². The molecule has 0 bridgehead atoms. The first-order chi connectivity index (χ1) is 14.6. The highest BCUT2D eigenvalue weighted by Gasteiger charge is 2.15. The third-order valence-corrected chi connectivity index (χ3v) is 5.53. The zero-order valence-electron chi connectivity index (χ0n) is 15.5. The number of benzene rings is 3. The first-order valence-electron chi connectivity index (χ1n) is 8.95. The second-order valence-electron chi connectivity index (χ2n) is 6.30. The van der Waals surface area contributed by atoms with E-state index in [2.05, 4.69) is 36.2 Å². The van der Waals surface area contributed by atoms with Crippen LogP contribution in [0.3, 0.4) is 0 Å². The average molecular weight is 479 g/mol. The molecule has 4 aromatic rings. The second-order valence-corrected chi connectivity index (χ2v) is 7.77. The number of nitrogens with zero attached hydrogens (tertiary/aromatic N) is 2. The quantitative estimate of drug-likeness (QED) is 0.398. The zero-order valence-corrected chi connectivity index (χ0v) is 17.9. The van der Waals surface area contributed by atoms with Gasteiger partial charge in [0, 0.05) is 21.1 Å². The second kappa shape index (κ2) is 8.98. The molecule has 8 heteroatoms. The standard InChI is InChI=1S/C22H15BrN4O2S/c23-18-7-3-1-5-16(18)21(28)25-19-8-4-2-6-17(19)22(29)24-15-11-9-14(10-12-15)20-13-30-27-26-20/h1-13H,(H,24,29)(H,25,28). The summed E-state index contributed by atoms with van der Waals surface area (Å²) in [4.78, 5) is 25.5. The van der Waals surface area contributed by atoms with Crippen molar-refractivity contribution in [3.63, 3.8) is 0 Å². The van der Waals surface area contributed by atoms with Gasteiger partial charge in [0.2, 0.25) is 0 Å². The molecule has 0 saturated carbocycles. The van der Waals surface area contributed by atoms with Crippen LogP contribution < -0.4 is 10.6 Å². The fourth-order valence-electron chi connectivity index (χ4n) is 2.84. The Labute approximate surface area is 185 Å². The van der Waals surface area contributed by atoms with Crippen LogP contribution in [0.15, 0.2) is 82.6 Å². The maximum absolute atomic E-state index is 12.8. The van der Waals surface area contributed by atoms with E-state index < -0.39 is 0 Å². The molecule has 6 nitrogen and oxygen atoms in total. The highest BCUT2D eigenvalue weighted by atomic mass is 79.9. The average Bonchev–Trinajstić information content (AvgIpc) is 3.30. The van der Waals surface area contributed by atoms with Crippen molar-refractivity contribution in [3.05, 3.63) is 93.8 Å². The maximum Gasteiger partial charge on any atom is 0.257 e. The van der Waals surface area contributed by atoms with Crippen LogP contribution in [-0.2, 0) is 0 Å². The van der Waals surface area contributed by atoms with E-state index in [-0.39, 0.29) is 11.8 Å². The van der Waals surface area contributed by atoms with Crippen molar-refractivity contribution in [1.82, 2.24) is 9.59 Å². The van der Waals surface area contributed by atoms with E-state index in [1.165, 1.54) is 11.5 Å². The lowest BCUT2D eigenvalue weighted by atomic mass is 10.1. The van der Waals surface area contributed by atoms with Crippen LogP contribution in [0.4, 0.5) is 11.4 Å². The lowest BCUT2D eigenvalue weighted by molar-refractivity contribution is 0.102.